The average molecular weight is 277 g/mol. The van der Waals surface area contributed by atoms with Gasteiger partial charge in [0.15, 0.2) is 11.6 Å². The van der Waals surface area contributed by atoms with E-state index in [-0.39, 0.29) is 6.10 Å². The number of aliphatic imine (C=N–C) groups is 1. The van der Waals surface area contributed by atoms with Crippen molar-refractivity contribution < 1.29 is 24.4 Å². The summed E-state index contributed by atoms with van der Waals surface area (Å²) in [4.78, 5) is 4.02. The van der Waals surface area contributed by atoms with Crippen LogP contribution in [-0.2, 0) is 14.2 Å². The van der Waals surface area contributed by atoms with Crippen molar-refractivity contribution in [1.29, 1.82) is 0 Å². The maximum Gasteiger partial charge on any atom is 0.160 e. The highest BCUT2D eigenvalue weighted by Gasteiger charge is 2.21. The minimum absolute atomic E-state index is 0.233. The van der Waals surface area contributed by atoms with E-state index < -0.39 is 11.6 Å². The molecule has 0 saturated carbocycles. The summed E-state index contributed by atoms with van der Waals surface area (Å²) in [5, 5.41) is 19.1. The molecule has 114 valence electrons. The second-order valence-electron chi connectivity index (χ2n) is 5.29. The Morgan fingerprint density at radius 3 is 2.26 bits per heavy atom. The van der Waals surface area contributed by atoms with Crippen LogP contribution in [0.25, 0.3) is 0 Å². The first kappa shape index (κ1) is 18.5. The highest BCUT2D eigenvalue weighted by Crippen LogP contribution is 2.14. The molecule has 2 N–H and O–H groups in total. The quantitative estimate of drug-likeness (QED) is 0.465. The first-order valence-electron chi connectivity index (χ1n) is 6.38. The Morgan fingerprint density at radius 1 is 1.16 bits per heavy atom. The first-order chi connectivity index (χ1) is 8.64. The predicted molar refractivity (Wildman–Crippen MR) is 73.0 cm³/mol. The van der Waals surface area contributed by atoms with Crippen molar-refractivity contribution in [3.63, 3.8) is 0 Å². The third-order valence-corrected chi connectivity index (χ3v) is 2.05. The Bertz CT molecular complexity index is 255. The van der Waals surface area contributed by atoms with Crippen molar-refractivity contribution in [3.05, 3.63) is 0 Å². The molecule has 0 spiro atoms. The molecule has 0 rings (SSSR count). The number of hydrogen-bond acceptors (Lipinski definition) is 6. The van der Waals surface area contributed by atoms with E-state index in [4.69, 9.17) is 14.2 Å². The van der Waals surface area contributed by atoms with Gasteiger partial charge in [0.05, 0.1) is 12.7 Å². The van der Waals surface area contributed by atoms with Crippen LogP contribution in [0.2, 0.25) is 0 Å². The number of rotatable bonds is 10. The molecule has 6 heteroatoms. The number of methoxy groups -OCH3 is 1. The number of nitrogens with zero attached hydrogens (tertiary/aromatic N) is 1. The zero-order valence-corrected chi connectivity index (χ0v) is 12.5. The van der Waals surface area contributed by atoms with Gasteiger partial charge in [0.2, 0.25) is 0 Å². The number of aliphatic hydroxyl groups is 2. The van der Waals surface area contributed by atoms with E-state index in [0.717, 1.165) is 0 Å². The van der Waals surface area contributed by atoms with Crippen molar-refractivity contribution in [2.45, 2.75) is 58.2 Å². The Balaban J connectivity index is 4.18. The van der Waals surface area contributed by atoms with Crippen LogP contribution in [0, 0.1) is 0 Å². The standard InChI is InChI=1S/C13H27NO5/c1-12(2,15)18-9-7-11(19-13(3,4)16)6-8-14-10-17-5/h8,11,15-16H,6-7,9-10H2,1-5H3/b14-8-. The van der Waals surface area contributed by atoms with Crippen molar-refractivity contribution >= 4 is 6.21 Å². The molecule has 0 aromatic rings. The summed E-state index contributed by atoms with van der Waals surface area (Å²) < 4.78 is 15.5. The van der Waals surface area contributed by atoms with Crippen LogP contribution in [0.1, 0.15) is 40.5 Å². The summed E-state index contributed by atoms with van der Waals surface area (Å²) in [7, 11) is 1.57. The maximum atomic E-state index is 9.67. The Kier molecular flexibility index (Phi) is 8.36. The van der Waals surface area contributed by atoms with Gasteiger partial charge in [-0.25, -0.2) is 0 Å². The minimum Gasteiger partial charge on any atom is -0.366 e. The largest absolute Gasteiger partial charge is 0.366 e. The number of ether oxygens (including phenoxy) is 3. The van der Waals surface area contributed by atoms with E-state index >= 15 is 0 Å². The van der Waals surface area contributed by atoms with Crippen molar-refractivity contribution in [1.82, 2.24) is 0 Å². The van der Waals surface area contributed by atoms with Crippen molar-refractivity contribution in [2.75, 3.05) is 20.4 Å². The molecule has 0 aliphatic heterocycles. The fourth-order valence-electron chi connectivity index (χ4n) is 1.39. The summed E-state index contributed by atoms with van der Waals surface area (Å²) >= 11 is 0. The van der Waals surface area contributed by atoms with Gasteiger partial charge < -0.3 is 24.4 Å². The molecule has 0 fully saturated rings. The third kappa shape index (κ3) is 13.7. The van der Waals surface area contributed by atoms with Crippen LogP contribution in [0.5, 0.6) is 0 Å². The Hall–Kier alpha value is -0.530. The molecule has 0 aliphatic rings. The lowest BCUT2D eigenvalue weighted by Gasteiger charge is -2.26. The summed E-state index contributed by atoms with van der Waals surface area (Å²) in [6.45, 7) is 6.92. The molecule has 0 aromatic carbocycles. The maximum absolute atomic E-state index is 9.67. The summed E-state index contributed by atoms with van der Waals surface area (Å²) in [6.07, 6.45) is 2.56. The van der Waals surface area contributed by atoms with Crippen molar-refractivity contribution in [2.24, 2.45) is 4.99 Å². The molecule has 0 aliphatic carbocycles. The molecular weight excluding hydrogens is 250 g/mol. The summed E-state index contributed by atoms with van der Waals surface area (Å²) in [6, 6.07) is 0. The lowest BCUT2D eigenvalue weighted by Crippen LogP contribution is -2.32. The zero-order valence-electron chi connectivity index (χ0n) is 12.5. The van der Waals surface area contributed by atoms with E-state index in [2.05, 4.69) is 4.99 Å². The zero-order chi connectivity index (χ0) is 14.9. The van der Waals surface area contributed by atoms with Gasteiger partial charge >= 0.3 is 0 Å². The topological polar surface area (TPSA) is 80.5 Å². The van der Waals surface area contributed by atoms with Gasteiger partial charge in [-0.2, -0.15) is 0 Å². The van der Waals surface area contributed by atoms with E-state index in [0.29, 0.717) is 26.2 Å². The molecule has 0 radical (unpaired) electrons. The molecule has 0 saturated heterocycles. The third-order valence-electron chi connectivity index (χ3n) is 2.05. The fraction of sp³-hybridized carbons (Fsp3) is 0.923. The SMILES string of the molecule is COC/N=C\CC(CCOC(C)(C)O)OC(C)(C)O. The molecule has 0 aromatic heterocycles. The van der Waals surface area contributed by atoms with E-state index in [1.807, 2.05) is 0 Å². The van der Waals surface area contributed by atoms with Crippen LogP contribution in [0.3, 0.4) is 0 Å². The monoisotopic (exact) mass is 277 g/mol. The van der Waals surface area contributed by atoms with Crippen LogP contribution < -0.4 is 0 Å². The second-order valence-corrected chi connectivity index (χ2v) is 5.29. The summed E-state index contributed by atoms with van der Waals surface area (Å²) in [5.41, 5.74) is 0. The molecule has 19 heavy (non-hydrogen) atoms. The van der Waals surface area contributed by atoms with Gasteiger partial charge in [0.1, 0.15) is 6.73 Å². The molecule has 0 bridgehead atoms. The molecule has 6 nitrogen and oxygen atoms in total. The van der Waals surface area contributed by atoms with Crippen molar-refractivity contribution in [3.8, 4) is 0 Å². The Labute approximate surface area is 115 Å². The second kappa shape index (κ2) is 8.60. The number of hydrogen-bond donors (Lipinski definition) is 2. The summed E-state index contributed by atoms with van der Waals surface area (Å²) in [5.74, 6) is -2.38. The van der Waals surface area contributed by atoms with Crippen LogP contribution in [0.4, 0.5) is 0 Å². The van der Waals surface area contributed by atoms with Crippen LogP contribution >= 0.6 is 0 Å². The first-order valence-corrected chi connectivity index (χ1v) is 6.38. The minimum atomic E-state index is -1.21. The van der Waals surface area contributed by atoms with E-state index in [9.17, 15) is 10.2 Å². The Morgan fingerprint density at radius 2 is 1.79 bits per heavy atom. The molecule has 0 heterocycles. The molecule has 0 amide bonds. The van der Waals surface area contributed by atoms with Gasteiger partial charge in [-0.1, -0.05) is 0 Å². The van der Waals surface area contributed by atoms with Gasteiger partial charge in [-0.05, 0) is 34.1 Å². The van der Waals surface area contributed by atoms with E-state index in [1.54, 1.807) is 41.0 Å². The normalized spacial score (nSPS) is 15.1. The lowest BCUT2D eigenvalue weighted by molar-refractivity contribution is -0.216. The van der Waals surface area contributed by atoms with Crippen LogP contribution in [-0.4, -0.2) is 54.6 Å². The average Bonchev–Trinajstić information content (AvgIpc) is 2.20. The van der Waals surface area contributed by atoms with Gasteiger partial charge in [-0.15, -0.1) is 0 Å². The fourth-order valence-corrected chi connectivity index (χ4v) is 1.39. The lowest BCUT2D eigenvalue weighted by atomic mass is 10.2. The molecule has 1 atom stereocenters. The molecule has 1 unspecified atom stereocenters. The van der Waals surface area contributed by atoms with Gasteiger partial charge in [-0.3, -0.25) is 4.99 Å². The van der Waals surface area contributed by atoms with E-state index in [1.165, 1.54) is 0 Å². The smallest absolute Gasteiger partial charge is 0.160 e. The van der Waals surface area contributed by atoms with Crippen LogP contribution in [0.15, 0.2) is 4.99 Å². The highest BCUT2D eigenvalue weighted by atomic mass is 16.6. The highest BCUT2D eigenvalue weighted by molar-refractivity contribution is 5.57. The predicted octanol–water partition coefficient (Wildman–Crippen LogP) is 1.30. The molecular formula is C13H27NO5. The van der Waals surface area contributed by atoms with Gasteiger partial charge in [0, 0.05) is 19.7 Å². The van der Waals surface area contributed by atoms with Gasteiger partial charge in [0.25, 0.3) is 0 Å².